The third kappa shape index (κ3) is 3.82. The van der Waals surface area contributed by atoms with Gasteiger partial charge in [-0.05, 0) is 59.3 Å². The van der Waals surface area contributed by atoms with E-state index in [-0.39, 0.29) is 18.2 Å². The molecule has 0 atom stereocenters. The molecule has 0 fully saturated rings. The van der Waals surface area contributed by atoms with Crippen molar-refractivity contribution < 1.29 is 18.7 Å². The van der Waals surface area contributed by atoms with E-state index in [4.69, 9.17) is 9.47 Å². The van der Waals surface area contributed by atoms with E-state index in [9.17, 15) is 9.18 Å². The van der Waals surface area contributed by atoms with Crippen LogP contribution in [-0.2, 0) is 6.61 Å². The Hall–Kier alpha value is -1.88. The monoisotopic (exact) mass is 352 g/mol. The van der Waals surface area contributed by atoms with Crippen LogP contribution in [0, 0.1) is 5.82 Å². The van der Waals surface area contributed by atoms with Crippen LogP contribution in [0.5, 0.6) is 11.5 Å². The fraction of sp³-hybridized carbons (Fsp3) is 0.188. The quantitative estimate of drug-likeness (QED) is 0.749. The topological polar surface area (TPSA) is 35.5 Å². The third-order valence-electron chi connectivity index (χ3n) is 2.96. The average molecular weight is 353 g/mol. The maximum absolute atomic E-state index is 13.0. The molecule has 2 aromatic rings. The van der Waals surface area contributed by atoms with E-state index in [1.54, 1.807) is 31.4 Å². The lowest BCUT2D eigenvalue weighted by molar-refractivity contribution is 0.101. The molecule has 21 heavy (non-hydrogen) atoms. The summed E-state index contributed by atoms with van der Waals surface area (Å²) in [6, 6.07) is 9.37. The summed E-state index contributed by atoms with van der Waals surface area (Å²) in [5.41, 5.74) is 1.34. The second kappa shape index (κ2) is 6.72. The van der Waals surface area contributed by atoms with Crippen molar-refractivity contribution in [3.8, 4) is 11.5 Å². The predicted octanol–water partition coefficient (Wildman–Crippen LogP) is 4.38. The molecule has 5 heteroatoms. The van der Waals surface area contributed by atoms with Crippen molar-refractivity contribution in [3.05, 3.63) is 57.8 Å². The summed E-state index contributed by atoms with van der Waals surface area (Å²) in [7, 11) is 1.56. The molecule has 0 aliphatic heterocycles. The molecule has 2 aromatic carbocycles. The number of ether oxygens (including phenoxy) is 2. The largest absolute Gasteiger partial charge is 0.496 e. The van der Waals surface area contributed by atoms with E-state index < -0.39 is 0 Å². The zero-order chi connectivity index (χ0) is 15.4. The molecule has 0 saturated carbocycles. The Kier molecular flexibility index (Phi) is 4.96. The number of benzene rings is 2. The van der Waals surface area contributed by atoms with Gasteiger partial charge in [0, 0.05) is 11.1 Å². The lowest BCUT2D eigenvalue weighted by Crippen LogP contribution is -2.02. The average Bonchev–Trinajstić information content (AvgIpc) is 2.46. The number of ketones is 1. The van der Waals surface area contributed by atoms with Crippen molar-refractivity contribution in [2.24, 2.45) is 0 Å². The number of carbonyl (C=O) groups is 1. The van der Waals surface area contributed by atoms with Crippen LogP contribution >= 0.6 is 15.9 Å². The fourth-order valence-corrected chi connectivity index (χ4v) is 2.32. The number of hydrogen-bond acceptors (Lipinski definition) is 3. The number of Topliss-reactive ketones (excluding diaryl/α,β-unsaturated/α-hetero) is 1. The maximum atomic E-state index is 13.0. The highest BCUT2D eigenvalue weighted by Crippen LogP contribution is 2.28. The predicted molar refractivity (Wildman–Crippen MR) is 81.4 cm³/mol. The van der Waals surface area contributed by atoms with Crippen molar-refractivity contribution in [2.75, 3.05) is 7.11 Å². The number of hydrogen-bond donors (Lipinski definition) is 0. The highest BCUT2D eigenvalue weighted by Gasteiger charge is 2.09. The molecule has 0 radical (unpaired) electrons. The van der Waals surface area contributed by atoms with Gasteiger partial charge in [-0.3, -0.25) is 4.79 Å². The Balaban J connectivity index is 2.22. The first-order valence-corrected chi connectivity index (χ1v) is 7.06. The number of methoxy groups -OCH3 is 1. The minimum atomic E-state index is -0.342. The van der Waals surface area contributed by atoms with E-state index in [2.05, 4.69) is 15.9 Å². The third-order valence-corrected chi connectivity index (χ3v) is 3.58. The zero-order valence-corrected chi connectivity index (χ0v) is 13.2. The summed E-state index contributed by atoms with van der Waals surface area (Å²) in [5, 5.41) is 0. The van der Waals surface area contributed by atoms with Gasteiger partial charge in [0.15, 0.2) is 5.78 Å². The Bertz CT molecular complexity index is 671. The van der Waals surface area contributed by atoms with Gasteiger partial charge in [0.1, 0.15) is 23.9 Å². The summed E-state index contributed by atoms with van der Waals surface area (Å²) in [5.74, 6) is 0.789. The number of rotatable bonds is 5. The molecule has 0 amide bonds. The first-order valence-electron chi connectivity index (χ1n) is 6.27. The van der Waals surface area contributed by atoms with Crippen molar-refractivity contribution in [3.63, 3.8) is 0 Å². The van der Waals surface area contributed by atoms with Crippen LogP contribution in [0.4, 0.5) is 4.39 Å². The number of halogens is 2. The van der Waals surface area contributed by atoms with E-state index >= 15 is 0 Å². The molecule has 0 spiro atoms. The fourth-order valence-electron chi connectivity index (χ4n) is 1.86. The van der Waals surface area contributed by atoms with Crippen LogP contribution in [0.2, 0.25) is 0 Å². The summed E-state index contributed by atoms with van der Waals surface area (Å²) in [6.07, 6.45) is 0. The summed E-state index contributed by atoms with van der Waals surface area (Å²) in [4.78, 5) is 11.4. The molecule has 0 aliphatic rings. The Labute approximate surface area is 130 Å². The van der Waals surface area contributed by atoms with Gasteiger partial charge in [0.05, 0.1) is 11.6 Å². The molecule has 0 saturated heterocycles. The van der Waals surface area contributed by atoms with Crippen molar-refractivity contribution in [1.29, 1.82) is 0 Å². The van der Waals surface area contributed by atoms with Crippen LogP contribution < -0.4 is 9.47 Å². The molecule has 0 aromatic heterocycles. The summed E-state index contributed by atoms with van der Waals surface area (Å²) in [6.45, 7) is 1.72. The minimum Gasteiger partial charge on any atom is -0.496 e. The Morgan fingerprint density at radius 3 is 2.52 bits per heavy atom. The zero-order valence-electron chi connectivity index (χ0n) is 11.7. The van der Waals surface area contributed by atoms with Gasteiger partial charge < -0.3 is 9.47 Å². The molecule has 110 valence electrons. The van der Waals surface area contributed by atoms with E-state index in [0.717, 1.165) is 5.56 Å². The smallest absolute Gasteiger partial charge is 0.159 e. The van der Waals surface area contributed by atoms with Crippen LogP contribution in [0.25, 0.3) is 0 Å². The second-order valence-electron chi connectivity index (χ2n) is 4.45. The van der Waals surface area contributed by atoms with Gasteiger partial charge in [-0.15, -0.1) is 0 Å². The molecule has 2 rings (SSSR count). The standard InChI is InChI=1S/C16H14BrFO3/c1-10(19)11-3-5-15(20-2)12(7-11)9-21-16-6-4-13(18)8-14(16)17/h3-8H,9H2,1-2H3. The molecule has 0 bridgehead atoms. The summed E-state index contributed by atoms with van der Waals surface area (Å²) >= 11 is 3.24. The SMILES string of the molecule is COc1ccc(C(C)=O)cc1COc1ccc(F)cc1Br. The van der Waals surface area contributed by atoms with Gasteiger partial charge in [-0.1, -0.05) is 0 Å². The summed E-state index contributed by atoms with van der Waals surface area (Å²) < 4.78 is 24.5. The van der Waals surface area contributed by atoms with Gasteiger partial charge >= 0.3 is 0 Å². The van der Waals surface area contributed by atoms with Crippen LogP contribution in [0.15, 0.2) is 40.9 Å². The Morgan fingerprint density at radius 1 is 1.19 bits per heavy atom. The lowest BCUT2D eigenvalue weighted by atomic mass is 10.1. The molecule has 0 aliphatic carbocycles. The minimum absolute atomic E-state index is 0.0261. The first kappa shape index (κ1) is 15.5. The number of carbonyl (C=O) groups excluding carboxylic acids is 1. The van der Waals surface area contributed by atoms with Crippen molar-refractivity contribution >= 4 is 21.7 Å². The normalized spacial score (nSPS) is 10.3. The highest BCUT2D eigenvalue weighted by atomic mass is 79.9. The molecule has 3 nitrogen and oxygen atoms in total. The first-order chi connectivity index (χ1) is 10.0. The molecule has 0 N–H and O–H groups in total. The molecule has 0 heterocycles. The van der Waals surface area contributed by atoms with Crippen LogP contribution in [0.1, 0.15) is 22.8 Å². The van der Waals surface area contributed by atoms with Crippen LogP contribution in [0.3, 0.4) is 0 Å². The van der Waals surface area contributed by atoms with Gasteiger partial charge in [-0.2, -0.15) is 0 Å². The Morgan fingerprint density at radius 2 is 1.90 bits per heavy atom. The van der Waals surface area contributed by atoms with Gasteiger partial charge in [0.25, 0.3) is 0 Å². The lowest BCUT2D eigenvalue weighted by Gasteiger charge is -2.12. The van der Waals surface area contributed by atoms with E-state index in [1.165, 1.54) is 19.1 Å². The van der Waals surface area contributed by atoms with Gasteiger partial charge in [0.2, 0.25) is 0 Å². The molecular weight excluding hydrogens is 339 g/mol. The maximum Gasteiger partial charge on any atom is 0.159 e. The van der Waals surface area contributed by atoms with E-state index in [1.807, 2.05) is 0 Å². The van der Waals surface area contributed by atoms with Crippen molar-refractivity contribution in [1.82, 2.24) is 0 Å². The van der Waals surface area contributed by atoms with Crippen molar-refractivity contribution in [2.45, 2.75) is 13.5 Å². The molecule has 0 unspecified atom stereocenters. The molecular formula is C16H14BrFO3. The second-order valence-corrected chi connectivity index (χ2v) is 5.30. The highest BCUT2D eigenvalue weighted by molar-refractivity contribution is 9.10. The van der Waals surface area contributed by atoms with Crippen LogP contribution in [-0.4, -0.2) is 12.9 Å². The van der Waals surface area contributed by atoms with Gasteiger partial charge in [-0.25, -0.2) is 4.39 Å². The van der Waals surface area contributed by atoms with E-state index in [0.29, 0.717) is 21.5 Å².